The molecule has 3 saturated heterocycles. The number of anilines is 1. The summed E-state index contributed by atoms with van der Waals surface area (Å²) in [6.07, 6.45) is 11.1. The van der Waals surface area contributed by atoms with Crippen LogP contribution in [-0.4, -0.2) is 59.2 Å². The zero-order valence-electron chi connectivity index (χ0n) is 18.9. The minimum absolute atomic E-state index is 0.176. The molecule has 3 aromatic rings. The maximum atomic E-state index is 13.6. The average molecular weight is 443 g/mol. The van der Waals surface area contributed by atoms with Crippen LogP contribution in [0.2, 0.25) is 0 Å². The first-order valence-corrected chi connectivity index (χ1v) is 12.2. The van der Waals surface area contributed by atoms with Gasteiger partial charge >= 0.3 is 0 Å². The van der Waals surface area contributed by atoms with E-state index in [0.29, 0.717) is 31.2 Å². The van der Waals surface area contributed by atoms with Crippen LogP contribution in [0.5, 0.6) is 0 Å². The van der Waals surface area contributed by atoms with E-state index in [-0.39, 0.29) is 5.91 Å². The van der Waals surface area contributed by atoms with E-state index in [1.54, 1.807) is 6.20 Å². The number of carbonyl (C=O) groups is 1. The van der Waals surface area contributed by atoms with Crippen LogP contribution in [0.15, 0.2) is 55.0 Å². The molecule has 33 heavy (non-hydrogen) atoms. The maximum Gasteiger partial charge on any atom is 0.254 e. The van der Waals surface area contributed by atoms with Crippen LogP contribution in [0, 0.1) is 5.92 Å². The van der Waals surface area contributed by atoms with Crippen molar-refractivity contribution in [2.75, 3.05) is 31.2 Å². The quantitative estimate of drug-likeness (QED) is 0.609. The van der Waals surface area contributed by atoms with Gasteiger partial charge in [-0.3, -0.25) is 9.78 Å². The number of nitrogens with zero attached hydrogens (tertiary/aromatic N) is 4. The van der Waals surface area contributed by atoms with Gasteiger partial charge in [0.25, 0.3) is 5.91 Å². The van der Waals surface area contributed by atoms with Gasteiger partial charge in [0.1, 0.15) is 5.82 Å². The molecule has 2 unspecified atom stereocenters. The van der Waals surface area contributed by atoms with Crippen molar-refractivity contribution >= 4 is 22.5 Å². The molecule has 6 nitrogen and oxygen atoms in total. The molecule has 0 saturated carbocycles. The molecule has 3 aliphatic heterocycles. The summed E-state index contributed by atoms with van der Waals surface area (Å²) in [7, 11) is 0. The van der Waals surface area contributed by atoms with Gasteiger partial charge < -0.3 is 14.5 Å². The van der Waals surface area contributed by atoms with Gasteiger partial charge in [-0.1, -0.05) is 12.1 Å². The summed E-state index contributed by atoms with van der Waals surface area (Å²) in [5.41, 5.74) is 2.15. The first-order valence-electron chi connectivity index (χ1n) is 12.2. The molecule has 1 amide bonds. The van der Waals surface area contributed by atoms with Gasteiger partial charge in [0.15, 0.2) is 0 Å². The molecule has 0 radical (unpaired) electrons. The Hall–Kier alpha value is -2.99. The van der Waals surface area contributed by atoms with Crippen molar-refractivity contribution in [2.24, 2.45) is 5.92 Å². The highest BCUT2D eigenvalue weighted by Crippen LogP contribution is 2.41. The smallest absolute Gasteiger partial charge is 0.254 e. The van der Waals surface area contributed by atoms with Crippen molar-refractivity contribution in [3.05, 3.63) is 66.1 Å². The lowest BCUT2D eigenvalue weighted by molar-refractivity contribution is 0.0524. The molecule has 3 aliphatic rings. The van der Waals surface area contributed by atoms with Gasteiger partial charge in [0.2, 0.25) is 0 Å². The maximum absolute atomic E-state index is 13.6. The van der Waals surface area contributed by atoms with Crippen LogP contribution < -0.4 is 4.90 Å². The van der Waals surface area contributed by atoms with Gasteiger partial charge in [0.05, 0.1) is 13.2 Å². The predicted octanol–water partition coefficient (Wildman–Crippen LogP) is 4.09. The first kappa shape index (κ1) is 20.6. The van der Waals surface area contributed by atoms with Crippen molar-refractivity contribution in [2.45, 2.75) is 44.2 Å². The molecule has 6 heteroatoms. The number of hydrogen-bond donors (Lipinski definition) is 0. The van der Waals surface area contributed by atoms with E-state index >= 15 is 0 Å². The second-order valence-electron chi connectivity index (χ2n) is 9.70. The van der Waals surface area contributed by atoms with Crippen molar-refractivity contribution in [3.63, 3.8) is 0 Å². The molecule has 2 aromatic heterocycles. The van der Waals surface area contributed by atoms with Crippen molar-refractivity contribution in [3.8, 4) is 0 Å². The molecule has 3 fully saturated rings. The number of ether oxygens (including phenoxy) is 1. The summed E-state index contributed by atoms with van der Waals surface area (Å²) in [6.45, 7) is 3.08. The Labute approximate surface area is 194 Å². The molecule has 5 heterocycles. The van der Waals surface area contributed by atoms with E-state index in [0.717, 1.165) is 56.6 Å². The second-order valence-corrected chi connectivity index (χ2v) is 9.70. The standard InChI is InChI=1S/C27H30N4O2/c32-27(22-6-8-29-26(17-22)30-9-11-33-12-10-30)31-24-3-4-25(31)16-20(15-24)13-19-1-2-21-5-7-28-18-23(21)14-19/h1-2,5-8,14,17-18,20,24-25H,3-4,9-13,15-16H2. The van der Waals surface area contributed by atoms with E-state index < -0.39 is 0 Å². The van der Waals surface area contributed by atoms with E-state index in [1.165, 1.54) is 16.3 Å². The third-order valence-electron chi connectivity index (χ3n) is 7.62. The second kappa shape index (κ2) is 8.75. The number of benzene rings is 1. The Bertz CT molecular complexity index is 1150. The van der Waals surface area contributed by atoms with Gasteiger partial charge in [-0.2, -0.15) is 0 Å². The third kappa shape index (κ3) is 4.08. The molecule has 0 spiro atoms. The number of hydrogen-bond acceptors (Lipinski definition) is 5. The van der Waals surface area contributed by atoms with Gasteiger partial charge in [-0.05, 0) is 73.2 Å². The number of morpholine rings is 1. The fourth-order valence-corrected chi connectivity index (χ4v) is 6.05. The molecule has 2 atom stereocenters. The topological polar surface area (TPSA) is 58.6 Å². The molecule has 6 rings (SSSR count). The van der Waals surface area contributed by atoms with Crippen molar-refractivity contribution < 1.29 is 9.53 Å². The Morgan fingerprint density at radius 2 is 1.79 bits per heavy atom. The molecule has 0 N–H and O–H groups in total. The Kier molecular flexibility index (Phi) is 5.46. The highest BCUT2D eigenvalue weighted by atomic mass is 16.5. The molecule has 1 aromatic carbocycles. The molecule has 0 aliphatic carbocycles. The Morgan fingerprint density at radius 1 is 0.970 bits per heavy atom. The van der Waals surface area contributed by atoms with Crippen LogP contribution >= 0.6 is 0 Å². The number of carbonyl (C=O) groups excluding carboxylic acids is 1. The molecular weight excluding hydrogens is 412 g/mol. The highest BCUT2D eigenvalue weighted by molar-refractivity contribution is 5.95. The van der Waals surface area contributed by atoms with Gasteiger partial charge in [0, 0.05) is 54.7 Å². The Morgan fingerprint density at radius 3 is 2.61 bits per heavy atom. The van der Waals surface area contributed by atoms with Gasteiger partial charge in [-0.15, -0.1) is 0 Å². The number of fused-ring (bicyclic) bond motifs is 3. The minimum atomic E-state index is 0.176. The zero-order valence-corrected chi connectivity index (χ0v) is 18.9. The number of amides is 1. The SMILES string of the molecule is O=C(c1ccnc(N2CCOCC2)c1)N1C2CCC1CC(Cc1ccc3ccncc3c1)C2. The first-order chi connectivity index (χ1) is 16.2. The summed E-state index contributed by atoms with van der Waals surface area (Å²) >= 11 is 0. The summed E-state index contributed by atoms with van der Waals surface area (Å²) in [4.78, 5) is 26.7. The lowest BCUT2D eigenvalue weighted by atomic mass is 9.85. The van der Waals surface area contributed by atoms with Crippen molar-refractivity contribution in [1.29, 1.82) is 0 Å². The van der Waals surface area contributed by atoms with E-state index in [9.17, 15) is 4.79 Å². The van der Waals surface area contributed by atoms with Crippen LogP contribution in [0.4, 0.5) is 5.82 Å². The van der Waals surface area contributed by atoms with E-state index in [2.05, 4.69) is 44.0 Å². The fraction of sp³-hybridized carbons (Fsp3) is 0.444. The highest BCUT2D eigenvalue weighted by Gasteiger charge is 2.43. The summed E-state index contributed by atoms with van der Waals surface area (Å²) < 4.78 is 5.46. The molecule has 170 valence electrons. The van der Waals surface area contributed by atoms with E-state index in [4.69, 9.17) is 4.74 Å². The lowest BCUT2D eigenvalue weighted by Gasteiger charge is -2.39. The molecule has 2 bridgehead atoms. The number of aromatic nitrogens is 2. The van der Waals surface area contributed by atoms with Crippen LogP contribution in [0.1, 0.15) is 41.6 Å². The zero-order chi connectivity index (χ0) is 22.2. The third-order valence-corrected chi connectivity index (χ3v) is 7.62. The van der Waals surface area contributed by atoms with Crippen LogP contribution in [-0.2, 0) is 11.2 Å². The normalized spacial score (nSPS) is 24.9. The number of piperidine rings is 1. The van der Waals surface area contributed by atoms with E-state index in [1.807, 2.05) is 24.5 Å². The monoisotopic (exact) mass is 442 g/mol. The summed E-state index contributed by atoms with van der Waals surface area (Å²) in [5.74, 6) is 1.69. The number of rotatable bonds is 4. The molecular formula is C27H30N4O2. The largest absolute Gasteiger partial charge is 0.378 e. The van der Waals surface area contributed by atoms with Gasteiger partial charge in [-0.25, -0.2) is 4.98 Å². The summed E-state index contributed by atoms with van der Waals surface area (Å²) in [6, 6.07) is 13.4. The minimum Gasteiger partial charge on any atom is -0.378 e. The van der Waals surface area contributed by atoms with Crippen molar-refractivity contribution in [1.82, 2.24) is 14.9 Å². The van der Waals surface area contributed by atoms with Crippen LogP contribution in [0.25, 0.3) is 10.8 Å². The van der Waals surface area contributed by atoms with Crippen LogP contribution in [0.3, 0.4) is 0 Å². The lowest BCUT2D eigenvalue weighted by Crippen LogP contribution is -2.47. The Balaban J connectivity index is 1.15. The average Bonchev–Trinajstić information content (AvgIpc) is 3.14. The predicted molar refractivity (Wildman–Crippen MR) is 128 cm³/mol. The number of pyridine rings is 2. The fourth-order valence-electron chi connectivity index (χ4n) is 6.05. The summed E-state index contributed by atoms with van der Waals surface area (Å²) in [5, 5.41) is 2.45.